The Kier molecular flexibility index (Phi) is 5.03. The fraction of sp³-hybridized carbons (Fsp3) is 0.471. The highest BCUT2D eigenvalue weighted by Crippen LogP contribution is 2.41. The molecular formula is C17H21NO5. The molecule has 1 fully saturated rings. The number of methoxy groups -OCH3 is 1. The maximum Gasteiger partial charge on any atom is 0.337 e. The molecule has 0 atom stereocenters. The number of carboxylic acid groups (broad SMARTS) is 1. The number of nitrogens with one attached hydrogen (secondary N) is 1. The molecule has 1 aliphatic carbocycles. The summed E-state index contributed by atoms with van der Waals surface area (Å²) in [5, 5.41) is 12.2. The lowest BCUT2D eigenvalue weighted by atomic mass is 9.82. The van der Waals surface area contributed by atoms with E-state index in [0.717, 1.165) is 18.4 Å². The number of anilines is 1. The van der Waals surface area contributed by atoms with Crippen molar-refractivity contribution in [3.63, 3.8) is 0 Å². The lowest BCUT2D eigenvalue weighted by Gasteiger charge is -2.23. The summed E-state index contributed by atoms with van der Waals surface area (Å²) < 4.78 is 4.66. The van der Waals surface area contributed by atoms with E-state index in [1.165, 1.54) is 7.11 Å². The third-order valence-electron chi connectivity index (χ3n) is 4.45. The van der Waals surface area contributed by atoms with Crippen LogP contribution in [-0.4, -0.2) is 30.1 Å². The van der Waals surface area contributed by atoms with Crippen LogP contribution < -0.4 is 5.32 Å². The molecule has 124 valence electrons. The second kappa shape index (κ2) is 6.81. The quantitative estimate of drug-likeness (QED) is 0.814. The van der Waals surface area contributed by atoms with E-state index in [1.54, 1.807) is 25.1 Å². The summed E-state index contributed by atoms with van der Waals surface area (Å²) >= 11 is 0. The Morgan fingerprint density at radius 1 is 1.26 bits per heavy atom. The van der Waals surface area contributed by atoms with Crippen molar-refractivity contribution in [1.29, 1.82) is 0 Å². The average molecular weight is 319 g/mol. The number of benzene rings is 1. The molecule has 1 saturated carbocycles. The largest absolute Gasteiger partial charge is 0.481 e. The highest BCUT2D eigenvalue weighted by atomic mass is 16.5. The Bertz CT molecular complexity index is 632. The number of hydrogen-bond acceptors (Lipinski definition) is 4. The number of esters is 1. The summed E-state index contributed by atoms with van der Waals surface area (Å²) in [4.78, 5) is 35.4. The van der Waals surface area contributed by atoms with Gasteiger partial charge in [-0.05, 0) is 37.5 Å². The predicted octanol–water partition coefficient (Wildman–Crippen LogP) is 2.76. The molecule has 0 heterocycles. The predicted molar refractivity (Wildman–Crippen MR) is 84.3 cm³/mol. The van der Waals surface area contributed by atoms with E-state index in [4.69, 9.17) is 0 Å². The van der Waals surface area contributed by atoms with E-state index in [0.29, 0.717) is 24.1 Å². The summed E-state index contributed by atoms with van der Waals surface area (Å²) in [6.45, 7) is 1.80. The van der Waals surface area contributed by atoms with Crippen LogP contribution in [0.2, 0.25) is 0 Å². The third kappa shape index (κ3) is 3.70. The van der Waals surface area contributed by atoms with Gasteiger partial charge in [-0.1, -0.05) is 18.9 Å². The minimum atomic E-state index is -0.960. The Morgan fingerprint density at radius 2 is 1.91 bits per heavy atom. The van der Waals surface area contributed by atoms with E-state index in [-0.39, 0.29) is 12.3 Å². The molecule has 6 heteroatoms. The molecule has 0 saturated heterocycles. The lowest BCUT2D eigenvalue weighted by molar-refractivity contribution is -0.150. The molecule has 0 bridgehead atoms. The molecule has 1 amide bonds. The maximum absolute atomic E-state index is 12.3. The van der Waals surface area contributed by atoms with Crippen molar-refractivity contribution in [1.82, 2.24) is 0 Å². The number of aliphatic carboxylic acids is 1. The molecule has 2 N–H and O–H groups in total. The van der Waals surface area contributed by atoms with E-state index < -0.39 is 17.4 Å². The number of rotatable bonds is 5. The first-order chi connectivity index (χ1) is 10.9. The van der Waals surface area contributed by atoms with Gasteiger partial charge in [-0.25, -0.2) is 4.79 Å². The molecule has 1 aromatic rings. The second-order valence-corrected chi connectivity index (χ2v) is 6.04. The monoisotopic (exact) mass is 319 g/mol. The highest BCUT2D eigenvalue weighted by molar-refractivity contribution is 5.97. The first kappa shape index (κ1) is 17.0. The maximum atomic E-state index is 12.3. The SMILES string of the molecule is COC(=O)c1ccc(C)c(NC(=O)CC2(C(=O)O)CCCC2)c1. The highest BCUT2D eigenvalue weighted by Gasteiger charge is 2.43. The van der Waals surface area contributed by atoms with E-state index in [9.17, 15) is 19.5 Å². The zero-order valence-corrected chi connectivity index (χ0v) is 13.3. The van der Waals surface area contributed by atoms with Gasteiger partial charge < -0.3 is 15.2 Å². The van der Waals surface area contributed by atoms with Gasteiger partial charge in [0.05, 0.1) is 18.1 Å². The van der Waals surface area contributed by atoms with Crippen LogP contribution in [0, 0.1) is 12.3 Å². The zero-order valence-electron chi connectivity index (χ0n) is 13.3. The van der Waals surface area contributed by atoms with Crippen LogP contribution in [0.5, 0.6) is 0 Å². The smallest absolute Gasteiger partial charge is 0.337 e. The molecule has 0 radical (unpaired) electrons. The van der Waals surface area contributed by atoms with Gasteiger partial charge in [0.1, 0.15) is 0 Å². The first-order valence-electron chi connectivity index (χ1n) is 7.60. The fourth-order valence-electron chi connectivity index (χ4n) is 3.02. The van der Waals surface area contributed by atoms with Gasteiger partial charge in [-0.15, -0.1) is 0 Å². The summed E-state index contributed by atoms with van der Waals surface area (Å²) in [6.07, 6.45) is 2.66. The lowest BCUT2D eigenvalue weighted by Crippen LogP contribution is -2.32. The van der Waals surface area contributed by atoms with E-state index in [2.05, 4.69) is 10.1 Å². The molecule has 23 heavy (non-hydrogen) atoms. The summed E-state index contributed by atoms with van der Waals surface area (Å²) in [5.41, 5.74) is 0.665. The molecule has 0 unspecified atom stereocenters. The average Bonchev–Trinajstić information content (AvgIpc) is 2.98. The third-order valence-corrected chi connectivity index (χ3v) is 4.45. The van der Waals surface area contributed by atoms with Gasteiger partial charge in [-0.3, -0.25) is 9.59 Å². The Balaban J connectivity index is 2.14. The minimum Gasteiger partial charge on any atom is -0.481 e. The summed E-state index contributed by atoms with van der Waals surface area (Å²) in [7, 11) is 1.29. The standard InChI is InChI=1S/C17H21NO5/c1-11-5-6-12(15(20)23-2)9-13(11)18-14(19)10-17(16(21)22)7-3-4-8-17/h5-6,9H,3-4,7-8,10H2,1-2H3,(H,18,19)(H,21,22). The number of hydrogen-bond donors (Lipinski definition) is 2. The number of ether oxygens (including phenoxy) is 1. The molecule has 6 nitrogen and oxygen atoms in total. The summed E-state index contributed by atoms with van der Waals surface area (Å²) in [5.74, 6) is -1.75. The topological polar surface area (TPSA) is 92.7 Å². The van der Waals surface area contributed by atoms with Gasteiger partial charge in [0, 0.05) is 12.1 Å². The van der Waals surface area contributed by atoms with E-state index >= 15 is 0 Å². The molecular weight excluding hydrogens is 298 g/mol. The zero-order chi connectivity index (χ0) is 17.0. The van der Waals surface area contributed by atoms with Crippen molar-refractivity contribution in [3.05, 3.63) is 29.3 Å². The van der Waals surface area contributed by atoms with Crippen LogP contribution in [0.1, 0.15) is 48.0 Å². The van der Waals surface area contributed by atoms with Gasteiger partial charge in [-0.2, -0.15) is 0 Å². The number of carbonyl (C=O) groups excluding carboxylic acids is 2. The Hall–Kier alpha value is -2.37. The van der Waals surface area contributed by atoms with Crippen molar-refractivity contribution in [2.75, 3.05) is 12.4 Å². The second-order valence-electron chi connectivity index (χ2n) is 6.04. The van der Waals surface area contributed by atoms with Gasteiger partial charge >= 0.3 is 11.9 Å². The van der Waals surface area contributed by atoms with Crippen molar-refractivity contribution in [3.8, 4) is 0 Å². The van der Waals surface area contributed by atoms with Gasteiger partial charge in [0.2, 0.25) is 5.91 Å². The van der Waals surface area contributed by atoms with Crippen LogP contribution >= 0.6 is 0 Å². The van der Waals surface area contributed by atoms with Crippen LogP contribution in [0.25, 0.3) is 0 Å². The minimum absolute atomic E-state index is 0.0514. The van der Waals surface area contributed by atoms with E-state index in [1.807, 2.05) is 0 Å². The molecule has 1 aromatic carbocycles. The van der Waals surface area contributed by atoms with Gasteiger partial charge in [0.15, 0.2) is 0 Å². The number of amides is 1. The van der Waals surface area contributed by atoms with Crippen molar-refractivity contribution >= 4 is 23.5 Å². The molecule has 2 rings (SSSR count). The summed E-state index contributed by atoms with van der Waals surface area (Å²) in [6, 6.07) is 4.87. The molecule has 0 aliphatic heterocycles. The van der Waals surface area contributed by atoms with Crippen LogP contribution in [0.15, 0.2) is 18.2 Å². The van der Waals surface area contributed by atoms with Crippen molar-refractivity contribution in [2.45, 2.75) is 39.0 Å². The Labute approximate surface area is 134 Å². The molecule has 0 spiro atoms. The normalized spacial score (nSPS) is 15.9. The molecule has 1 aliphatic rings. The number of carboxylic acids is 1. The van der Waals surface area contributed by atoms with Crippen LogP contribution in [-0.2, 0) is 14.3 Å². The first-order valence-corrected chi connectivity index (χ1v) is 7.60. The number of carbonyl (C=O) groups is 3. The van der Waals surface area contributed by atoms with Crippen molar-refractivity contribution < 1.29 is 24.2 Å². The van der Waals surface area contributed by atoms with Gasteiger partial charge in [0.25, 0.3) is 0 Å². The van der Waals surface area contributed by atoms with Crippen LogP contribution in [0.3, 0.4) is 0 Å². The van der Waals surface area contributed by atoms with Crippen molar-refractivity contribution in [2.24, 2.45) is 5.41 Å². The fourth-order valence-corrected chi connectivity index (χ4v) is 3.02. The van der Waals surface area contributed by atoms with Crippen LogP contribution in [0.4, 0.5) is 5.69 Å². The Morgan fingerprint density at radius 3 is 2.48 bits per heavy atom. The molecule has 0 aromatic heterocycles. The number of aryl methyl sites for hydroxylation is 1.